The van der Waals surface area contributed by atoms with Crippen molar-refractivity contribution in [1.29, 1.82) is 5.26 Å². The van der Waals surface area contributed by atoms with Crippen molar-refractivity contribution in [2.24, 2.45) is 0 Å². The van der Waals surface area contributed by atoms with E-state index in [1.54, 1.807) is 6.20 Å². The molecule has 1 saturated heterocycles. The molecule has 29 heavy (non-hydrogen) atoms. The minimum atomic E-state index is -0.389. The van der Waals surface area contributed by atoms with Gasteiger partial charge in [-0.25, -0.2) is 9.50 Å². The maximum Gasteiger partial charge on any atom is 0.303 e. The van der Waals surface area contributed by atoms with Crippen molar-refractivity contribution < 1.29 is 14.3 Å². The van der Waals surface area contributed by atoms with Gasteiger partial charge in [0, 0.05) is 18.9 Å². The van der Waals surface area contributed by atoms with E-state index in [4.69, 9.17) is 14.6 Å². The summed E-state index contributed by atoms with van der Waals surface area (Å²) in [6.45, 7) is 4.48. The van der Waals surface area contributed by atoms with Gasteiger partial charge in [-0.15, -0.1) is 5.10 Å². The Morgan fingerprint density at radius 3 is 2.97 bits per heavy atom. The zero-order chi connectivity index (χ0) is 20.6. The molecule has 0 spiro atoms. The van der Waals surface area contributed by atoms with E-state index in [1.807, 2.05) is 4.52 Å². The van der Waals surface area contributed by atoms with E-state index in [9.17, 15) is 10.1 Å². The Morgan fingerprint density at radius 1 is 1.55 bits per heavy atom. The zero-order valence-electron chi connectivity index (χ0n) is 16.6. The van der Waals surface area contributed by atoms with Gasteiger partial charge in [0.2, 0.25) is 5.95 Å². The summed E-state index contributed by atoms with van der Waals surface area (Å²) in [7, 11) is 0. The molecule has 2 aromatic heterocycles. The third-order valence-electron chi connectivity index (χ3n) is 6.16. The molecule has 1 saturated carbocycles. The number of nitrogens with zero attached hydrogens (tertiary/aromatic N) is 4. The number of halogens is 1. The maximum atomic E-state index is 11.4. The molecule has 3 heterocycles. The van der Waals surface area contributed by atoms with Gasteiger partial charge in [0.15, 0.2) is 0 Å². The van der Waals surface area contributed by atoms with Crippen LogP contribution in [0.25, 0.3) is 5.52 Å². The number of hydrogen-bond donors (Lipinski definition) is 1. The fraction of sp³-hybridized carbons (Fsp3) is 0.600. The van der Waals surface area contributed by atoms with Crippen LogP contribution in [0.2, 0.25) is 0 Å². The molecule has 1 aliphatic heterocycles. The van der Waals surface area contributed by atoms with Crippen molar-refractivity contribution in [2.75, 3.05) is 18.5 Å². The highest BCUT2D eigenvalue weighted by Crippen LogP contribution is 2.49. The van der Waals surface area contributed by atoms with E-state index >= 15 is 0 Å². The molecule has 0 radical (unpaired) electrons. The Labute approximate surface area is 177 Å². The first-order valence-corrected chi connectivity index (χ1v) is 10.8. The summed E-state index contributed by atoms with van der Waals surface area (Å²) in [6, 6.07) is 2.23. The molecule has 2 aromatic rings. The van der Waals surface area contributed by atoms with Crippen molar-refractivity contribution in [1.82, 2.24) is 14.6 Å². The first-order valence-electron chi connectivity index (χ1n) is 9.98. The fourth-order valence-electron chi connectivity index (χ4n) is 4.40. The molecule has 0 amide bonds. The summed E-state index contributed by atoms with van der Waals surface area (Å²) < 4.78 is 13.4. The molecule has 9 heteroatoms. The van der Waals surface area contributed by atoms with Crippen LogP contribution in [-0.4, -0.2) is 45.9 Å². The van der Waals surface area contributed by atoms with Crippen molar-refractivity contribution in [3.05, 3.63) is 21.9 Å². The number of nitriles is 1. The average molecular weight is 462 g/mol. The molecular weight excluding hydrogens is 438 g/mol. The summed E-state index contributed by atoms with van der Waals surface area (Å²) in [6.07, 6.45) is 6.25. The van der Waals surface area contributed by atoms with Crippen molar-refractivity contribution in [3.63, 3.8) is 0 Å². The van der Waals surface area contributed by atoms with Crippen LogP contribution in [0.1, 0.15) is 57.2 Å². The number of esters is 1. The van der Waals surface area contributed by atoms with Crippen LogP contribution in [0.5, 0.6) is 0 Å². The minimum absolute atomic E-state index is 0.0232. The van der Waals surface area contributed by atoms with Gasteiger partial charge in [0.25, 0.3) is 0 Å². The number of nitrogens with one attached hydrogen (secondary N) is 1. The highest BCUT2D eigenvalue weighted by molar-refractivity contribution is 9.10. The number of carbonyl (C=O) groups is 1. The average Bonchev–Trinajstić information content (AvgIpc) is 2.94. The molecule has 0 unspecified atom stereocenters. The fourth-order valence-corrected chi connectivity index (χ4v) is 4.95. The van der Waals surface area contributed by atoms with E-state index in [-0.39, 0.29) is 23.5 Å². The van der Waals surface area contributed by atoms with Crippen LogP contribution < -0.4 is 5.32 Å². The number of ether oxygens (including phenoxy) is 2. The quantitative estimate of drug-likeness (QED) is 0.681. The Kier molecular flexibility index (Phi) is 5.49. The molecule has 2 aliphatic rings. The molecule has 8 nitrogen and oxygen atoms in total. The second kappa shape index (κ2) is 7.92. The summed E-state index contributed by atoms with van der Waals surface area (Å²) in [4.78, 5) is 15.9. The smallest absolute Gasteiger partial charge is 0.303 e. The lowest BCUT2D eigenvalue weighted by Gasteiger charge is -2.41. The first-order chi connectivity index (χ1) is 14.0. The second-order valence-electron chi connectivity index (χ2n) is 7.78. The van der Waals surface area contributed by atoms with Crippen molar-refractivity contribution in [2.45, 2.75) is 63.5 Å². The normalized spacial score (nSPS) is 23.2. The largest absolute Gasteiger partial charge is 0.458 e. The Morgan fingerprint density at radius 2 is 2.34 bits per heavy atom. The maximum absolute atomic E-state index is 11.4. The molecular formula is C20H24BrN5O3. The van der Waals surface area contributed by atoms with Gasteiger partial charge in [0.05, 0.1) is 40.1 Å². The molecule has 154 valence electrons. The highest BCUT2D eigenvalue weighted by atomic mass is 79.9. The van der Waals surface area contributed by atoms with E-state index in [1.165, 1.54) is 6.92 Å². The van der Waals surface area contributed by atoms with Crippen LogP contribution in [0.4, 0.5) is 5.95 Å². The van der Waals surface area contributed by atoms with Crippen LogP contribution in [0, 0.1) is 11.3 Å². The van der Waals surface area contributed by atoms with Gasteiger partial charge < -0.3 is 14.8 Å². The van der Waals surface area contributed by atoms with E-state index in [0.717, 1.165) is 41.4 Å². The van der Waals surface area contributed by atoms with E-state index < -0.39 is 0 Å². The number of fused-ring (bicyclic) bond motifs is 1. The third kappa shape index (κ3) is 3.49. The van der Waals surface area contributed by atoms with Crippen LogP contribution in [-0.2, 0) is 19.7 Å². The number of anilines is 1. The third-order valence-corrected chi connectivity index (χ3v) is 6.97. The SMILES string of the molecule is CCC1(c2c(C#N)c(Br)c3cnc(N[C@@H]4CCOC[C@H]4OC(C)=O)nn23)CCC1. The van der Waals surface area contributed by atoms with Crippen LogP contribution in [0.3, 0.4) is 0 Å². The lowest BCUT2D eigenvalue weighted by Crippen LogP contribution is -2.45. The molecule has 1 N–H and O–H groups in total. The van der Waals surface area contributed by atoms with Gasteiger partial charge in [-0.1, -0.05) is 13.3 Å². The summed E-state index contributed by atoms with van der Waals surface area (Å²) in [5, 5.41) is 17.9. The molecule has 4 rings (SSSR count). The zero-order valence-corrected chi connectivity index (χ0v) is 18.2. The predicted molar refractivity (Wildman–Crippen MR) is 110 cm³/mol. The Balaban J connectivity index is 1.72. The second-order valence-corrected chi connectivity index (χ2v) is 8.57. The molecule has 0 aromatic carbocycles. The van der Waals surface area contributed by atoms with Crippen molar-refractivity contribution in [3.8, 4) is 6.07 Å². The van der Waals surface area contributed by atoms with Gasteiger partial charge in [-0.3, -0.25) is 4.79 Å². The van der Waals surface area contributed by atoms with E-state index in [0.29, 0.717) is 31.1 Å². The number of hydrogen-bond acceptors (Lipinski definition) is 7. The minimum Gasteiger partial charge on any atom is -0.458 e. The Bertz CT molecular complexity index is 973. The van der Waals surface area contributed by atoms with Crippen molar-refractivity contribution >= 4 is 33.4 Å². The monoisotopic (exact) mass is 461 g/mol. The van der Waals surface area contributed by atoms with Gasteiger partial charge in [-0.2, -0.15) is 5.26 Å². The number of rotatable bonds is 5. The standard InChI is InChI=1S/C20H24BrN5O3/c1-3-20(6-4-7-20)18-13(9-22)17(21)15-10-23-19(25-26(15)18)24-14-5-8-28-11-16(14)29-12(2)27/h10,14,16H,3-8,11H2,1-2H3,(H,24,25)/t14-,16-/m1/s1. The predicted octanol–water partition coefficient (Wildman–Crippen LogP) is 3.33. The molecule has 1 aliphatic carbocycles. The summed E-state index contributed by atoms with van der Waals surface area (Å²) in [5.74, 6) is 0.106. The van der Waals surface area contributed by atoms with Gasteiger partial charge in [0.1, 0.15) is 12.2 Å². The summed E-state index contributed by atoms with van der Waals surface area (Å²) >= 11 is 3.58. The highest BCUT2D eigenvalue weighted by Gasteiger charge is 2.42. The van der Waals surface area contributed by atoms with Crippen LogP contribution >= 0.6 is 15.9 Å². The van der Waals surface area contributed by atoms with Crippen LogP contribution in [0.15, 0.2) is 10.7 Å². The van der Waals surface area contributed by atoms with Gasteiger partial charge in [-0.05, 0) is 41.6 Å². The molecule has 2 atom stereocenters. The first kappa shape index (κ1) is 20.1. The lowest BCUT2D eigenvalue weighted by atomic mass is 9.64. The lowest BCUT2D eigenvalue weighted by molar-refractivity contribution is -0.153. The summed E-state index contributed by atoms with van der Waals surface area (Å²) in [5.41, 5.74) is 2.36. The number of carbonyl (C=O) groups excluding carboxylic acids is 1. The topological polar surface area (TPSA) is 102 Å². The Hall–Kier alpha value is -2.18. The molecule has 0 bridgehead atoms. The molecule has 2 fully saturated rings. The van der Waals surface area contributed by atoms with Gasteiger partial charge >= 0.3 is 5.97 Å². The van der Waals surface area contributed by atoms with E-state index in [2.05, 4.69) is 39.2 Å². The number of aromatic nitrogens is 3.